The van der Waals surface area contributed by atoms with Crippen LogP contribution in [0.2, 0.25) is 0 Å². The summed E-state index contributed by atoms with van der Waals surface area (Å²) in [6.07, 6.45) is 2.92. The summed E-state index contributed by atoms with van der Waals surface area (Å²) < 4.78 is 4.25. The van der Waals surface area contributed by atoms with E-state index in [-0.39, 0.29) is 17.7 Å². The zero-order valence-corrected chi connectivity index (χ0v) is 14.7. The van der Waals surface area contributed by atoms with Crippen LogP contribution in [0.5, 0.6) is 0 Å². The molecule has 3 aromatic heterocycles. The molecule has 4 heterocycles. The van der Waals surface area contributed by atoms with Crippen molar-refractivity contribution in [1.29, 1.82) is 0 Å². The van der Waals surface area contributed by atoms with Gasteiger partial charge < -0.3 is 5.11 Å². The highest BCUT2D eigenvalue weighted by Crippen LogP contribution is 2.24. The van der Waals surface area contributed by atoms with Crippen LogP contribution < -0.4 is 5.56 Å². The van der Waals surface area contributed by atoms with E-state index in [1.54, 1.807) is 11.6 Å². The van der Waals surface area contributed by atoms with Gasteiger partial charge in [-0.05, 0) is 37.8 Å². The average molecular weight is 347 g/mol. The van der Waals surface area contributed by atoms with Crippen molar-refractivity contribution in [2.45, 2.75) is 44.9 Å². The van der Waals surface area contributed by atoms with E-state index in [9.17, 15) is 9.90 Å². The molecule has 1 aliphatic rings. The Balaban J connectivity index is 1.81. The standard InChI is InChI=1S/C16H21N5O2S/c1-10(22)11-5-3-4-7-20(11)9-13-17-18-16-19(2)15(23)14-12(21(13)16)6-8-24-14/h6,8,10-11,22H,3-5,7,9H2,1-2H3. The number of nitrogens with zero attached hydrogens (tertiary/aromatic N) is 5. The molecule has 2 atom stereocenters. The lowest BCUT2D eigenvalue weighted by Crippen LogP contribution is -2.45. The lowest BCUT2D eigenvalue weighted by Gasteiger charge is -2.36. The fourth-order valence-electron chi connectivity index (χ4n) is 3.70. The van der Waals surface area contributed by atoms with Crippen LogP contribution in [0.25, 0.3) is 16.0 Å². The first-order chi connectivity index (χ1) is 11.6. The fourth-order valence-corrected chi connectivity index (χ4v) is 4.55. The van der Waals surface area contributed by atoms with Gasteiger partial charge in [-0.3, -0.25) is 18.7 Å². The minimum Gasteiger partial charge on any atom is -0.392 e. The van der Waals surface area contributed by atoms with Crippen molar-refractivity contribution in [3.63, 3.8) is 0 Å². The van der Waals surface area contributed by atoms with E-state index in [1.165, 1.54) is 11.3 Å². The number of aliphatic hydroxyl groups is 1. The van der Waals surface area contributed by atoms with Crippen LogP contribution >= 0.6 is 11.3 Å². The SMILES string of the molecule is CC(O)C1CCCCN1Cc1nnc2n(C)c(=O)c3sccc3n12. The number of hydrogen-bond acceptors (Lipinski definition) is 6. The monoisotopic (exact) mass is 347 g/mol. The summed E-state index contributed by atoms with van der Waals surface area (Å²) in [5.41, 5.74) is 0.829. The van der Waals surface area contributed by atoms with E-state index in [1.807, 2.05) is 22.8 Å². The van der Waals surface area contributed by atoms with Gasteiger partial charge in [0.1, 0.15) is 4.70 Å². The Labute approximate surface area is 143 Å². The Hall–Kier alpha value is -1.77. The van der Waals surface area contributed by atoms with E-state index in [4.69, 9.17) is 0 Å². The Morgan fingerprint density at radius 3 is 3.04 bits per heavy atom. The molecular weight excluding hydrogens is 326 g/mol. The first kappa shape index (κ1) is 15.7. The zero-order chi connectivity index (χ0) is 16.8. The number of aromatic nitrogens is 4. The van der Waals surface area contributed by atoms with Crippen molar-refractivity contribution in [2.75, 3.05) is 6.54 Å². The molecule has 0 aromatic carbocycles. The highest BCUT2D eigenvalue weighted by atomic mass is 32.1. The molecule has 1 N–H and O–H groups in total. The van der Waals surface area contributed by atoms with Gasteiger partial charge in [0.25, 0.3) is 5.56 Å². The normalized spacial score (nSPS) is 20.9. The van der Waals surface area contributed by atoms with E-state index in [0.717, 1.165) is 41.8 Å². The van der Waals surface area contributed by atoms with Gasteiger partial charge in [0, 0.05) is 13.1 Å². The van der Waals surface area contributed by atoms with Gasteiger partial charge in [-0.1, -0.05) is 6.42 Å². The van der Waals surface area contributed by atoms with E-state index in [2.05, 4.69) is 15.1 Å². The van der Waals surface area contributed by atoms with Crippen LogP contribution in [-0.2, 0) is 13.6 Å². The van der Waals surface area contributed by atoms with Crippen molar-refractivity contribution in [3.8, 4) is 0 Å². The predicted molar refractivity (Wildman–Crippen MR) is 93.3 cm³/mol. The summed E-state index contributed by atoms with van der Waals surface area (Å²) >= 11 is 1.44. The maximum atomic E-state index is 12.4. The van der Waals surface area contributed by atoms with Gasteiger partial charge in [-0.25, -0.2) is 0 Å². The topological polar surface area (TPSA) is 75.7 Å². The van der Waals surface area contributed by atoms with Crippen molar-refractivity contribution in [1.82, 2.24) is 24.1 Å². The Bertz CT molecular complexity index is 941. The molecule has 0 amide bonds. The number of aliphatic hydroxyl groups excluding tert-OH is 1. The third-order valence-corrected chi connectivity index (χ3v) is 5.85. The molecule has 1 fully saturated rings. The number of fused-ring (bicyclic) bond motifs is 3. The van der Waals surface area contributed by atoms with E-state index in [0.29, 0.717) is 12.3 Å². The van der Waals surface area contributed by atoms with Crippen LogP contribution in [-0.4, -0.2) is 47.9 Å². The average Bonchev–Trinajstić information content (AvgIpc) is 3.19. The second-order valence-electron chi connectivity index (χ2n) is 6.52. The first-order valence-electron chi connectivity index (χ1n) is 8.30. The molecular formula is C16H21N5O2S. The summed E-state index contributed by atoms with van der Waals surface area (Å²) in [5, 5.41) is 20.6. The number of hydrogen-bond donors (Lipinski definition) is 1. The van der Waals surface area contributed by atoms with Crippen molar-refractivity contribution in [3.05, 3.63) is 27.6 Å². The lowest BCUT2D eigenvalue weighted by atomic mass is 9.98. The number of thiophene rings is 1. The second kappa shape index (κ2) is 5.94. The molecule has 0 saturated carbocycles. The molecule has 4 rings (SSSR count). The molecule has 24 heavy (non-hydrogen) atoms. The van der Waals surface area contributed by atoms with Crippen LogP contribution in [0.4, 0.5) is 0 Å². The molecule has 0 spiro atoms. The van der Waals surface area contributed by atoms with Gasteiger partial charge in [-0.15, -0.1) is 21.5 Å². The third-order valence-electron chi connectivity index (χ3n) is 4.96. The molecule has 1 aliphatic heterocycles. The molecule has 2 unspecified atom stereocenters. The number of aryl methyl sites for hydroxylation is 1. The van der Waals surface area contributed by atoms with E-state index >= 15 is 0 Å². The van der Waals surface area contributed by atoms with Gasteiger partial charge >= 0.3 is 0 Å². The maximum Gasteiger partial charge on any atom is 0.272 e. The van der Waals surface area contributed by atoms with Crippen LogP contribution in [0, 0.1) is 0 Å². The second-order valence-corrected chi connectivity index (χ2v) is 7.44. The molecule has 8 heteroatoms. The molecule has 1 saturated heterocycles. The molecule has 128 valence electrons. The van der Waals surface area contributed by atoms with Gasteiger partial charge in [0.05, 0.1) is 18.2 Å². The Morgan fingerprint density at radius 1 is 1.42 bits per heavy atom. The summed E-state index contributed by atoms with van der Waals surface area (Å²) in [6.45, 7) is 3.43. The summed E-state index contributed by atoms with van der Waals surface area (Å²) in [5.74, 6) is 1.38. The van der Waals surface area contributed by atoms with Crippen molar-refractivity contribution in [2.24, 2.45) is 7.05 Å². The lowest BCUT2D eigenvalue weighted by molar-refractivity contribution is 0.0301. The van der Waals surface area contributed by atoms with E-state index < -0.39 is 0 Å². The molecule has 3 aromatic rings. The number of rotatable bonds is 3. The van der Waals surface area contributed by atoms with Crippen LogP contribution in [0.1, 0.15) is 32.0 Å². The first-order valence-corrected chi connectivity index (χ1v) is 9.18. The number of piperidine rings is 1. The Kier molecular flexibility index (Phi) is 3.90. The minimum atomic E-state index is -0.366. The van der Waals surface area contributed by atoms with Gasteiger partial charge in [-0.2, -0.15) is 0 Å². The Morgan fingerprint density at radius 2 is 2.25 bits per heavy atom. The molecule has 0 radical (unpaired) electrons. The van der Waals surface area contributed by atoms with Crippen molar-refractivity contribution < 1.29 is 5.11 Å². The highest BCUT2D eigenvalue weighted by Gasteiger charge is 2.28. The van der Waals surface area contributed by atoms with Crippen LogP contribution in [0.3, 0.4) is 0 Å². The van der Waals surface area contributed by atoms with Gasteiger partial charge in [0.15, 0.2) is 5.82 Å². The zero-order valence-electron chi connectivity index (χ0n) is 13.8. The molecule has 7 nitrogen and oxygen atoms in total. The van der Waals surface area contributed by atoms with Crippen molar-refractivity contribution >= 4 is 27.3 Å². The smallest absolute Gasteiger partial charge is 0.272 e. The minimum absolute atomic E-state index is 0.0359. The quantitative estimate of drug-likeness (QED) is 0.775. The fraction of sp³-hybridized carbons (Fsp3) is 0.562. The molecule has 0 bridgehead atoms. The maximum absolute atomic E-state index is 12.4. The van der Waals surface area contributed by atoms with Gasteiger partial charge in [0.2, 0.25) is 5.78 Å². The summed E-state index contributed by atoms with van der Waals surface area (Å²) in [7, 11) is 1.73. The number of likely N-dealkylation sites (tertiary alicyclic amines) is 1. The summed E-state index contributed by atoms with van der Waals surface area (Å²) in [4.78, 5) is 14.7. The predicted octanol–water partition coefficient (Wildman–Crippen LogP) is 1.38. The summed E-state index contributed by atoms with van der Waals surface area (Å²) in [6, 6.07) is 2.10. The highest BCUT2D eigenvalue weighted by molar-refractivity contribution is 7.17. The largest absolute Gasteiger partial charge is 0.392 e. The third kappa shape index (κ3) is 2.37. The molecule has 0 aliphatic carbocycles. The van der Waals surface area contributed by atoms with Crippen LogP contribution in [0.15, 0.2) is 16.2 Å².